The van der Waals surface area contributed by atoms with Crippen molar-refractivity contribution in [3.05, 3.63) is 35.4 Å². The Kier molecular flexibility index (Phi) is 4.60. The van der Waals surface area contributed by atoms with Gasteiger partial charge in [-0.3, -0.25) is 0 Å². The minimum absolute atomic E-state index is 0.107. The summed E-state index contributed by atoms with van der Waals surface area (Å²) < 4.78 is 26.3. The van der Waals surface area contributed by atoms with Gasteiger partial charge in [0.25, 0.3) is 0 Å². The molecule has 0 aromatic heterocycles. The average molecular weight is 243 g/mol. The molecule has 1 atom stereocenters. The predicted molar refractivity (Wildman–Crippen MR) is 63.6 cm³/mol. The highest BCUT2D eigenvalue weighted by molar-refractivity contribution is 5.24. The van der Waals surface area contributed by atoms with Gasteiger partial charge in [-0.1, -0.05) is 19.9 Å². The summed E-state index contributed by atoms with van der Waals surface area (Å²) in [6.45, 7) is 6.56. The van der Waals surface area contributed by atoms with E-state index in [0.717, 1.165) is 18.7 Å². The summed E-state index contributed by atoms with van der Waals surface area (Å²) in [7, 11) is 0. The summed E-state index contributed by atoms with van der Waals surface area (Å²) in [5, 5.41) is 13.2. The first-order valence-corrected chi connectivity index (χ1v) is 5.71. The summed E-state index contributed by atoms with van der Waals surface area (Å²) in [4.78, 5) is 0. The Morgan fingerprint density at radius 2 is 2.00 bits per heavy atom. The van der Waals surface area contributed by atoms with Crippen molar-refractivity contribution >= 4 is 0 Å². The van der Waals surface area contributed by atoms with Gasteiger partial charge in [-0.2, -0.15) is 0 Å². The van der Waals surface area contributed by atoms with Crippen LogP contribution in [-0.4, -0.2) is 18.2 Å². The number of rotatable bonds is 5. The molecule has 4 heteroatoms. The van der Waals surface area contributed by atoms with Gasteiger partial charge in [0.15, 0.2) is 0 Å². The summed E-state index contributed by atoms with van der Waals surface area (Å²) in [6, 6.07) is 3.21. The van der Waals surface area contributed by atoms with Gasteiger partial charge in [-0.05, 0) is 25.5 Å². The van der Waals surface area contributed by atoms with Crippen LogP contribution in [0.15, 0.2) is 18.2 Å². The maximum Gasteiger partial charge on any atom is 0.132 e. The summed E-state index contributed by atoms with van der Waals surface area (Å²) in [6.07, 6.45) is 0. The molecule has 0 spiro atoms. The largest absolute Gasteiger partial charge is 0.384 e. The molecule has 96 valence electrons. The van der Waals surface area contributed by atoms with Crippen molar-refractivity contribution in [1.29, 1.82) is 0 Å². The van der Waals surface area contributed by atoms with Gasteiger partial charge in [0.1, 0.15) is 17.2 Å². The first kappa shape index (κ1) is 14.1. The molecule has 0 heterocycles. The molecule has 2 nitrogen and oxygen atoms in total. The van der Waals surface area contributed by atoms with Crippen LogP contribution in [0.2, 0.25) is 0 Å². The highest BCUT2D eigenvalue weighted by Gasteiger charge is 2.26. The van der Waals surface area contributed by atoms with Crippen LogP contribution in [0.5, 0.6) is 0 Å². The number of hydrogen-bond donors (Lipinski definition) is 2. The second-order valence-corrected chi connectivity index (χ2v) is 4.92. The molecule has 0 saturated carbocycles. The summed E-state index contributed by atoms with van der Waals surface area (Å²) in [5.41, 5.74) is -1.23. The van der Waals surface area contributed by atoms with Crippen LogP contribution in [0, 0.1) is 17.6 Å². The average Bonchev–Trinajstić information content (AvgIpc) is 2.15. The highest BCUT2D eigenvalue weighted by Crippen LogP contribution is 2.23. The molecule has 2 N–H and O–H groups in total. The molecular formula is C13H19F2NO. The zero-order chi connectivity index (χ0) is 13.1. The number of halogens is 2. The van der Waals surface area contributed by atoms with E-state index in [1.807, 2.05) is 13.8 Å². The second-order valence-electron chi connectivity index (χ2n) is 4.92. The Morgan fingerprint density at radius 3 is 2.53 bits per heavy atom. The molecule has 0 saturated heterocycles. The van der Waals surface area contributed by atoms with Crippen molar-refractivity contribution in [2.75, 3.05) is 13.1 Å². The van der Waals surface area contributed by atoms with E-state index in [4.69, 9.17) is 0 Å². The van der Waals surface area contributed by atoms with Crippen LogP contribution in [0.1, 0.15) is 26.3 Å². The number of aliphatic hydroxyl groups is 1. The maximum absolute atomic E-state index is 13.5. The van der Waals surface area contributed by atoms with Crippen LogP contribution in [0.3, 0.4) is 0 Å². The van der Waals surface area contributed by atoms with Crippen molar-refractivity contribution in [1.82, 2.24) is 5.32 Å². The van der Waals surface area contributed by atoms with E-state index < -0.39 is 17.2 Å². The van der Waals surface area contributed by atoms with Gasteiger partial charge >= 0.3 is 0 Å². The van der Waals surface area contributed by atoms with Crippen LogP contribution in [0.25, 0.3) is 0 Å². The molecule has 0 aliphatic heterocycles. The van der Waals surface area contributed by atoms with Crippen LogP contribution >= 0.6 is 0 Å². The molecule has 0 aliphatic carbocycles. The number of nitrogens with one attached hydrogen (secondary N) is 1. The minimum atomic E-state index is -1.34. The van der Waals surface area contributed by atoms with E-state index in [2.05, 4.69) is 5.32 Å². The van der Waals surface area contributed by atoms with Crippen molar-refractivity contribution < 1.29 is 13.9 Å². The smallest absolute Gasteiger partial charge is 0.132 e. The van der Waals surface area contributed by atoms with Gasteiger partial charge in [-0.25, -0.2) is 8.78 Å². The molecule has 1 rings (SSSR count). The van der Waals surface area contributed by atoms with Crippen LogP contribution in [-0.2, 0) is 5.60 Å². The van der Waals surface area contributed by atoms with Gasteiger partial charge in [0.2, 0.25) is 0 Å². The number of hydrogen-bond acceptors (Lipinski definition) is 2. The molecule has 1 aromatic rings. The van der Waals surface area contributed by atoms with Crippen molar-refractivity contribution in [3.8, 4) is 0 Å². The van der Waals surface area contributed by atoms with E-state index in [0.29, 0.717) is 5.92 Å². The Balaban J connectivity index is 2.74. The van der Waals surface area contributed by atoms with Gasteiger partial charge in [0.05, 0.1) is 0 Å². The molecule has 0 fully saturated rings. The fourth-order valence-corrected chi connectivity index (χ4v) is 1.63. The summed E-state index contributed by atoms with van der Waals surface area (Å²) >= 11 is 0. The predicted octanol–water partition coefficient (Wildman–Crippen LogP) is 2.42. The third kappa shape index (κ3) is 4.06. The standard InChI is InChI=1S/C13H19F2NO/c1-9(2)7-16-8-13(3,17)11-5-4-10(14)6-12(11)15/h4-6,9,16-17H,7-8H2,1-3H3. The molecular weight excluding hydrogens is 224 g/mol. The molecule has 1 unspecified atom stereocenters. The van der Waals surface area contributed by atoms with Gasteiger partial charge in [0, 0.05) is 18.2 Å². The third-order valence-electron chi connectivity index (χ3n) is 2.53. The van der Waals surface area contributed by atoms with Crippen molar-refractivity contribution in [3.63, 3.8) is 0 Å². The van der Waals surface area contributed by atoms with Crippen molar-refractivity contribution in [2.45, 2.75) is 26.4 Å². The molecule has 0 bridgehead atoms. The van der Waals surface area contributed by atoms with Crippen LogP contribution < -0.4 is 5.32 Å². The normalized spacial score (nSPS) is 15.0. The van der Waals surface area contributed by atoms with E-state index in [1.165, 1.54) is 13.0 Å². The Hall–Kier alpha value is -1.00. The van der Waals surface area contributed by atoms with Gasteiger partial charge in [-0.15, -0.1) is 0 Å². The third-order valence-corrected chi connectivity index (χ3v) is 2.53. The Morgan fingerprint density at radius 1 is 1.35 bits per heavy atom. The zero-order valence-electron chi connectivity index (χ0n) is 10.4. The first-order valence-electron chi connectivity index (χ1n) is 5.71. The Bertz CT molecular complexity index is 378. The monoisotopic (exact) mass is 243 g/mol. The maximum atomic E-state index is 13.5. The molecule has 17 heavy (non-hydrogen) atoms. The van der Waals surface area contributed by atoms with E-state index in [9.17, 15) is 13.9 Å². The quantitative estimate of drug-likeness (QED) is 0.832. The molecule has 0 aliphatic rings. The zero-order valence-corrected chi connectivity index (χ0v) is 10.4. The molecule has 0 amide bonds. The lowest BCUT2D eigenvalue weighted by Gasteiger charge is -2.25. The lowest BCUT2D eigenvalue weighted by atomic mass is 9.95. The van der Waals surface area contributed by atoms with Crippen molar-refractivity contribution in [2.24, 2.45) is 5.92 Å². The molecule has 0 radical (unpaired) electrons. The van der Waals surface area contributed by atoms with Crippen LogP contribution in [0.4, 0.5) is 8.78 Å². The first-order chi connectivity index (χ1) is 7.83. The topological polar surface area (TPSA) is 32.3 Å². The fraction of sp³-hybridized carbons (Fsp3) is 0.538. The van der Waals surface area contributed by atoms with E-state index >= 15 is 0 Å². The second kappa shape index (κ2) is 5.56. The Labute approximate surface area is 101 Å². The SMILES string of the molecule is CC(C)CNCC(C)(O)c1ccc(F)cc1F. The number of benzene rings is 1. The summed E-state index contributed by atoms with van der Waals surface area (Å²) in [5.74, 6) is -0.914. The fourth-order valence-electron chi connectivity index (χ4n) is 1.63. The highest BCUT2D eigenvalue weighted by atomic mass is 19.1. The van der Waals surface area contributed by atoms with E-state index in [-0.39, 0.29) is 12.1 Å². The lowest BCUT2D eigenvalue weighted by Crippen LogP contribution is -2.37. The van der Waals surface area contributed by atoms with E-state index in [1.54, 1.807) is 0 Å². The molecule has 1 aromatic carbocycles. The minimum Gasteiger partial charge on any atom is -0.384 e. The lowest BCUT2D eigenvalue weighted by molar-refractivity contribution is 0.0526. The van der Waals surface area contributed by atoms with Gasteiger partial charge < -0.3 is 10.4 Å².